The zero-order valence-corrected chi connectivity index (χ0v) is 10.8. The molecule has 0 spiro atoms. The van der Waals surface area contributed by atoms with Crippen molar-refractivity contribution in [2.45, 2.75) is 25.2 Å². The van der Waals surface area contributed by atoms with Gasteiger partial charge in [-0.3, -0.25) is 4.21 Å². The van der Waals surface area contributed by atoms with Gasteiger partial charge in [0.25, 0.3) is 0 Å². The van der Waals surface area contributed by atoms with E-state index in [1.54, 1.807) is 0 Å². The first-order chi connectivity index (χ1) is 7.85. The van der Waals surface area contributed by atoms with Crippen LogP contribution in [-0.4, -0.2) is 16.5 Å². The number of nitrogens with two attached hydrogens (primary N) is 1. The Hall–Kier alpha value is -0.810. The molecule has 5 heteroatoms. The monoisotopic (exact) mass is 261 g/mol. The number of halogens is 2. The molecule has 1 rings (SSSR count). The van der Waals surface area contributed by atoms with E-state index in [4.69, 9.17) is 5.73 Å². The van der Waals surface area contributed by atoms with Crippen molar-refractivity contribution < 1.29 is 13.0 Å². The normalized spacial score (nSPS) is 13.7. The van der Waals surface area contributed by atoms with Crippen LogP contribution >= 0.6 is 0 Å². The molecule has 17 heavy (non-hydrogen) atoms. The predicted molar refractivity (Wildman–Crippen MR) is 65.1 cm³/mol. The standard InChI is InChI=1S/C12H17F2NOS/c1-12(2,8-15)5-6-17(16)11-7-9(13)3-4-10(11)14/h3-4,7H,5-6,8,15H2,1-2H3. The summed E-state index contributed by atoms with van der Waals surface area (Å²) in [7, 11) is -1.52. The fraction of sp³-hybridized carbons (Fsp3) is 0.500. The summed E-state index contributed by atoms with van der Waals surface area (Å²) in [5.74, 6) is -0.923. The van der Waals surface area contributed by atoms with Crippen molar-refractivity contribution in [2.24, 2.45) is 11.1 Å². The van der Waals surface area contributed by atoms with Crippen LogP contribution in [0.5, 0.6) is 0 Å². The van der Waals surface area contributed by atoms with Gasteiger partial charge in [0.1, 0.15) is 11.6 Å². The predicted octanol–water partition coefficient (Wildman–Crippen LogP) is 2.45. The zero-order valence-electron chi connectivity index (χ0n) is 10.0. The third-order valence-electron chi connectivity index (χ3n) is 2.66. The maximum atomic E-state index is 13.3. The first-order valence-electron chi connectivity index (χ1n) is 5.39. The van der Waals surface area contributed by atoms with Crippen molar-refractivity contribution in [3.05, 3.63) is 29.8 Å². The Morgan fingerprint density at radius 1 is 1.35 bits per heavy atom. The maximum absolute atomic E-state index is 13.3. The van der Waals surface area contributed by atoms with E-state index in [2.05, 4.69) is 0 Å². The van der Waals surface area contributed by atoms with E-state index < -0.39 is 22.4 Å². The molecule has 1 aromatic carbocycles. The van der Waals surface area contributed by atoms with Crippen molar-refractivity contribution >= 4 is 10.8 Å². The van der Waals surface area contributed by atoms with Gasteiger partial charge in [-0.1, -0.05) is 13.8 Å². The molecular weight excluding hydrogens is 244 g/mol. The number of rotatable bonds is 5. The molecule has 0 fully saturated rings. The summed E-state index contributed by atoms with van der Waals surface area (Å²) in [5, 5.41) is 0. The van der Waals surface area contributed by atoms with Gasteiger partial charge in [-0.2, -0.15) is 0 Å². The van der Waals surface area contributed by atoms with Crippen molar-refractivity contribution in [1.29, 1.82) is 0 Å². The Morgan fingerprint density at radius 3 is 2.59 bits per heavy atom. The molecule has 96 valence electrons. The summed E-state index contributed by atoms with van der Waals surface area (Å²) in [6, 6.07) is 3.00. The number of hydrogen-bond acceptors (Lipinski definition) is 2. The van der Waals surface area contributed by atoms with Gasteiger partial charge in [0.05, 0.1) is 15.7 Å². The quantitative estimate of drug-likeness (QED) is 0.884. The lowest BCUT2D eigenvalue weighted by molar-refractivity contribution is 0.367. The smallest absolute Gasteiger partial charge is 0.139 e. The van der Waals surface area contributed by atoms with Crippen LogP contribution in [-0.2, 0) is 10.8 Å². The van der Waals surface area contributed by atoms with Crippen LogP contribution in [0.1, 0.15) is 20.3 Å². The summed E-state index contributed by atoms with van der Waals surface area (Å²) >= 11 is 0. The zero-order chi connectivity index (χ0) is 13.1. The Kier molecular flexibility index (Phi) is 4.77. The molecule has 0 amide bonds. The lowest BCUT2D eigenvalue weighted by Crippen LogP contribution is -2.25. The molecule has 1 atom stereocenters. The molecule has 0 bridgehead atoms. The summed E-state index contributed by atoms with van der Waals surface area (Å²) in [6.07, 6.45) is 0.603. The first-order valence-corrected chi connectivity index (χ1v) is 6.71. The second kappa shape index (κ2) is 5.69. The van der Waals surface area contributed by atoms with Crippen molar-refractivity contribution in [2.75, 3.05) is 12.3 Å². The summed E-state index contributed by atoms with van der Waals surface area (Å²) in [4.78, 5) is -0.0715. The Morgan fingerprint density at radius 2 is 2.00 bits per heavy atom. The van der Waals surface area contributed by atoms with Gasteiger partial charge >= 0.3 is 0 Å². The minimum Gasteiger partial charge on any atom is -0.330 e. The highest BCUT2D eigenvalue weighted by Gasteiger charge is 2.19. The lowest BCUT2D eigenvalue weighted by Gasteiger charge is -2.21. The highest BCUT2D eigenvalue weighted by atomic mass is 32.2. The van der Waals surface area contributed by atoms with Gasteiger partial charge in [0, 0.05) is 5.75 Å². The highest BCUT2D eigenvalue weighted by Crippen LogP contribution is 2.21. The van der Waals surface area contributed by atoms with E-state index >= 15 is 0 Å². The van der Waals surface area contributed by atoms with Gasteiger partial charge in [-0.05, 0) is 36.6 Å². The van der Waals surface area contributed by atoms with Gasteiger partial charge in [0.15, 0.2) is 0 Å². The Bertz CT molecular complexity index is 421. The van der Waals surface area contributed by atoms with Crippen LogP contribution in [0.15, 0.2) is 23.1 Å². The molecule has 0 aliphatic carbocycles. The van der Waals surface area contributed by atoms with Crippen molar-refractivity contribution in [3.8, 4) is 0 Å². The molecule has 2 nitrogen and oxygen atoms in total. The van der Waals surface area contributed by atoms with Gasteiger partial charge in [-0.15, -0.1) is 0 Å². The molecular formula is C12H17F2NOS. The molecule has 0 saturated heterocycles. The molecule has 1 unspecified atom stereocenters. The lowest BCUT2D eigenvalue weighted by atomic mass is 9.91. The third-order valence-corrected chi connectivity index (χ3v) is 4.03. The fourth-order valence-electron chi connectivity index (χ4n) is 1.23. The van der Waals surface area contributed by atoms with Crippen LogP contribution in [0.25, 0.3) is 0 Å². The minimum atomic E-state index is -1.52. The van der Waals surface area contributed by atoms with Gasteiger partial charge in [-0.25, -0.2) is 8.78 Å². The van der Waals surface area contributed by atoms with Gasteiger partial charge < -0.3 is 5.73 Å². The Labute approximate surface area is 103 Å². The largest absolute Gasteiger partial charge is 0.330 e. The molecule has 0 aliphatic heterocycles. The summed E-state index contributed by atoms with van der Waals surface area (Å²) < 4.78 is 38.1. The Balaban J connectivity index is 2.74. The average molecular weight is 261 g/mol. The van der Waals surface area contributed by atoms with Crippen LogP contribution in [0.4, 0.5) is 8.78 Å². The third kappa shape index (κ3) is 4.16. The molecule has 0 heterocycles. The van der Waals surface area contributed by atoms with E-state index in [1.165, 1.54) is 0 Å². The van der Waals surface area contributed by atoms with E-state index in [0.717, 1.165) is 18.2 Å². The summed E-state index contributed by atoms with van der Waals surface area (Å²) in [5.41, 5.74) is 5.41. The van der Waals surface area contributed by atoms with Crippen LogP contribution in [0.2, 0.25) is 0 Å². The van der Waals surface area contributed by atoms with E-state index in [1.807, 2.05) is 13.8 Å². The molecule has 0 saturated carbocycles. The molecule has 0 aromatic heterocycles. The molecule has 1 aromatic rings. The number of benzene rings is 1. The maximum Gasteiger partial charge on any atom is 0.139 e. The van der Waals surface area contributed by atoms with E-state index in [-0.39, 0.29) is 16.1 Å². The molecule has 0 aliphatic rings. The topological polar surface area (TPSA) is 43.1 Å². The highest BCUT2D eigenvalue weighted by molar-refractivity contribution is 7.85. The first kappa shape index (κ1) is 14.3. The van der Waals surface area contributed by atoms with E-state index in [9.17, 15) is 13.0 Å². The second-order valence-electron chi connectivity index (χ2n) is 4.74. The van der Waals surface area contributed by atoms with Crippen LogP contribution < -0.4 is 5.73 Å². The van der Waals surface area contributed by atoms with Crippen LogP contribution in [0.3, 0.4) is 0 Å². The minimum absolute atomic E-state index is 0.0715. The average Bonchev–Trinajstić information content (AvgIpc) is 2.29. The second-order valence-corrected chi connectivity index (χ2v) is 6.28. The molecule has 0 radical (unpaired) electrons. The van der Waals surface area contributed by atoms with Crippen molar-refractivity contribution in [3.63, 3.8) is 0 Å². The number of hydrogen-bond donors (Lipinski definition) is 1. The summed E-state index contributed by atoms with van der Waals surface area (Å²) in [6.45, 7) is 4.37. The SMILES string of the molecule is CC(C)(CN)CCS(=O)c1cc(F)ccc1F. The molecule has 2 N–H and O–H groups in total. The van der Waals surface area contributed by atoms with Crippen molar-refractivity contribution in [1.82, 2.24) is 0 Å². The fourth-order valence-corrected chi connectivity index (χ4v) is 2.72. The van der Waals surface area contributed by atoms with Gasteiger partial charge in [0.2, 0.25) is 0 Å². The van der Waals surface area contributed by atoms with E-state index in [0.29, 0.717) is 13.0 Å². The van der Waals surface area contributed by atoms with Crippen LogP contribution in [0, 0.1) is 17.0 Å².